The lowest BCUT2D eigenvalue weighted by molar-refractivity contribution is -0.117. The topological polar surface area (TPSA) is 97.7 Å². The van der Waals surface area contributed by atoms with Gasteiger partial charge in [-0.15, -0.1) is 0 Å². The van der Waals surface area contributed by atoms with Gasteiger partial charge in [0.05, 0.1) is 29.3 Å². The summed E-state index contributed by atoms with van der Waals surface area (Å²) in [5.41, 5.74) is 1.64. The Morgan fingerprint density at radius 1 is 1.22 bits per heavy atom. The first-order chi connectivity index (χ1) is 15.1. The van der Waals surface area contributed by atoms with Gasteiger partial charge in [-0.3, -0.25) is 18.5 Å². The van der Waals surface area contributed by atoms with Crippen LogP contribution in [-0.2, 0) is 14.8 Å². The average molecular weight is 478 g/mol. The Labute approximate surface area is 191 Å². The Morgan fingerprint density at radius 3 is 2.53 bits per heavy atom. The van der Waals surface area contributed by atoms with Gasteiger partial charge < -0.3 is 10.1 Å². The first-order valence-corrected chi connectivity index (χ1v) is 12.8. The first-order valence-electron chi connectivity index (χ1n) is 10.2. The van der Waals surface area contributed by atoms with E-state index in [1.54, 1.807) is 54.0 Å². The molecule has 0 spiro atoms. The van der Waals surface area contributed by atoms with Gasteiger partial charge in [0.25, 0.3) is 0 Å². The number of hydrogen-bond acceptors (Lipinski definition) is 6. The Bertz CT molecular complexity index is 1290. The molecule has 0 aliphatic heterocycles. The van der Waals surface area contributed by atoms with Crippen LogP contribution in [0.25, 0.3) is 10.2 Å². The molecule has 1 atom stereocenters. The Morgan fingerprint density at radius 2 is 1.94 bits per heavy atom. The van der Waals surface area contributed by atoms with Crippen LogP contribution < -0.4 is 19.2 Å². The zero-order valence-electron chi connectivity index (χ0n) is 18.7. The summed E-state index contributed by atoms with van der Waals surface area (Å²) in [6.07, 6.45) is 1.33. The van der Waals surface area contributed by atoms with Crippen molar-refractivity contribution in [2.24, 2.45) is 0 Å². The predicted octanol–water partition coefficient (Wildman–Crippen LogP) is 3.84. The van der Waals surface area contributed by atoms with Crippen LogP contribution in [0.2, 0.25) is 0 Å². The molecule has 0 bridgehead atoms. The minimum absolute atomic E-state index is 0.0207. The van der Waals surface area contributed by atoms with E-state index in [0.29, 0.717) is 17.1 Å². The molecular weight excluding hydrogens is 450 g/mol. The second kappa shape index (κ2) is 9.33. The van der Waals surface area contributed by atoms with Crippen LogP contribution in [0.1, 0.15) is 33.2 Å². The highest BCUT2D eigenvalue weighted by atomic mass is 32.2. The number of aromatic nitrogens is 1. The number of carbonyl (C=O) groups is 1. The molecule has 8 nitrogen and oxygen atoms in total. The molecule has 0 radical (unpaired) electrons. The van der Waals surface area contributed by atoms with Crippen LogP contribution in [0.3, 0.4) is 0 Å². The van der Waals surface area contributed by atoms with E-state index in [-0.39, 0.29) is 17.3 Å². The van der Waals surface area contributed by atoms with E-state index in [4.69, 9.17) is 4.74 Å². The third kappa shape index (κ3) is 4.81. The van der Waals surface area contributed by atoms with Gasteiger partial charge >= 0.3 is 4.87 Å². The summed E-state index contributed by atoms with van der Waals surface area (Å²) in [6, 6.07) is 10.9. The molecule has 1 heterocycles. The number of methoxy groups -OCH3 is 1. The molecule has 0 saturated carbocycles. The maximum absolute atomic E-state index is 13.2. The second-order valence-corrected chi connectivity index (χ2v) is 10.5. The molecule has 10 heteroatoms. The summed E-state index contributed by atoms with van der Waals surface area (Å²) in [5, 5.41) is 2.81. The van der Waals surface area contributed by atoms with Crippen LogP contribution in [0.4, 0.5) is 11.4 Å². The molecule has 0 fully saturated rings. The van der Waals surface area contributed by atoms with Crippen LogP contribution in [0, 0.1) is 0 Å². The van der Waals surface area contributed by atoms with Crippen LogP contribution in [0.15, 0.2) is 47.3 Å². The van der Waals surface area contributed by atoms with E-state index in [2.05, 4.69) is 5.32 Å². The predicted molar refractivity (Wildman–Crippen MR) is 129 cm³/mol. The molecule has 0 aliphatic rings. The van der Waals surface area contributed by atoms with Crippen LogP contribution in [0.5, 0.6) is 5.75 Å². The summed E-state index contributed by atoms with van der Waals surface area (Å²) in [5.74, 6) is 0.0252. The zero-order chi connectivity index (χ0) is 23.6. The monoisotopic (exact) mass is 477 g/mol. The van der Waals surface area contributed by atoms with Crippen molar-refractivity contribution in [1.29, 1.82) is 0 Å². The molecule has 1 N–H and O–H groups in total. The van der Waals surface area contributed by atoms with E-state index in [1.165, 1.54) is 7.11 Å². The smallest absolute Gasteiger partial charge is 0.308 e. The third-order valence-electron chi connectivity index (χ3n) is 5.03. The van der Waals surface area contributed by atoms with E-state index in [1.807, 2.05) is 13.8 Å². The number of benzene rings is 2. The minimum Gasteiger partial charge on any atom is -0.497 e. The quantitative estimate of drug-likeness (QED) is 0.532. The number of fused-ring (bicyclic) bond motifs is 1. The number of thiazole rings is 1. The molecule has 3 aromatic rings. The Kier molecular flexibility index (Phi) is 6.94. The summed E-state index contributed by atoms with van der Waals surface area (Å²) in [7, 11) is -2.27. The number of hydrogen-bond donors (Lipinski definition) is 1. The highest BCUT2D eigenvalue weighted by Gasteiger charge is 2.32. The molecule has 172 valence electrons. The highest BCUT2D eigenvalue weighted by Crippen LogP contribution is 2.28. The van der Waals surface area contributed by atoms with Crippen molar-refractivity contribution in [3.63, 3.8) is 0 Å². The number of anilines is 2. The number of rotatable bonds is 8. The van der Waals surface area contributed by atoms with Gasteiger partial charge in [-0.05, 0) is 50.6 Å². The summed E-state index contributed by atoms with van der Waals surface area (Å²) in [6.45, 7) is 5.63. The molecule has 0 aliphatic carbocycles. The molecule has 0 unspecified atom stereocenters. The third-order valence-corrected chi connectivity index (χ3v) is 7.13. The Balaban J connectivity index is 1.95. The fraction of sp³-hybridized carbons (Fsp3) is 0.364. The van der Waals surface area contributed by atoms with E-state index in [9.17, 15) is 18.0 Å². The highest BCUT2D eigenvalue weighted by molar-refractivity contribution is 7.92. The van der Waals surface area contributed by atoms with Crippen molar-refractivity contribution in [2.75, 3.05) is 23.0 Å². The lowest BCUT2D eigenvalue weighted by Crippen LogP contribution is -2.47. The van der Waals surface area contributed by atoms with Gasteiger partial charge in [-0.25, -0.2) is 8.42 Å². The Hall–Kier alpha value is -2.85. The largest absolute Gasteiger partial charge is 0.497 e. The van der Waals surface area contributed by atoms with Crippen molar-refractivity contribution >= 4 is 48.9 Å². The molecule has 2 aromatic carbocycles. The molecule has 1 aromatic heterocycles. The molecule has 32 heavy (non-hydrogen) atoms. The van der Waals surface area contributed by atoms with Crippen molar-refractivity contribution in [3.8, 4) is 5.75 Å². The normalized spacial score (nSPS) is 12.7. The number of nitrogens with zero attached hydrogens (tertiary/aromatic N) is 2. The molecule has 1 amide bonds. The number of ether oxygens (including phenoxy) is 1. The molecular formula is C22H27N3O5S2. The molecule has 0 saturated heterocycles. The van der Waals surface area contributed by atoms with Crippen molar-refractivity contribution in [2.45, 2.75) is 39.3 Å². The van der Waals surface area contributed by atoms with E-state index in [0.717, 1.165) is 32.1 Å². The van der Waals surface area contributed by atoms with Crippen molar-refractivity contribution < 1.29 is 17.9 Å². The van der Waals surface area contributed by atoms with Crippen LogP contribution >= 0.6 is 11.3 Å². The first kappa shape index (κ1) is 23.8. The average Bonchev–Trinajstić information content (AvgIpc) is 3.05. The van der Waals surface area contributed by atoms with E-state index >= 15 is 0 Å². The van der Waals surface area contributed by atoms with Gasteiger partial charge in [-0.2, -0.15) is 0 Å². The second-order valence-electron chi connectivity index (χ2n) is 7.69. The minimum atomic E-state index is -3.76. The fourth-order valence-corrected chi connectivity index (χ4v) is 5.89. The standard InChI is InChI=1S/C22H27N3O5S2/c1-6-18(25(32(5,28)29)16-8-7-9-17(13-16)30-4)21(26)23-15-10-11-19-20(12-15)31-22(27)24(19)14(2)3/h7-14,18H,6H2,1-5H3,(H,23,26)/t18-/m0/s1. The maximum atomic E-state index is 13.2. The van der Waals surface area contributed by atoms with Gasteiger partial charge in [0.1, 0.15) is 11.8 Å². The van der Waals surface area contributed by atoms with Crippen LogP contribution in [-0.4, -0.2) is 38.3 Å². The van der Waals surface area contributed by atoms with E-state index < -0.39 is 22.0 Å². The summed E-state index contributed by atoms with van der Waals surface area (Å²) < 4.78 is 34.0. The summed E-state index contributed by atoms with van der Waals surface area (Å²) >= 11 is 1.11. The molecule has 3 rings (SSSR count). The maximum Gasteiger partial charge on any atom is 0.308 e. The zero-order valence-corrected chi connectivity index (χ0v) is 20.3. The van der Waals surface area contributed by atoms with Gasteiger partial charge in [0, 0.05) is 17.8 Å². The van der Waals surface area contributed by atoms with Gasteiger partial charge in [-0.1, -0.05) is 24.3 Å². The number of nitrogens with one attached hydrogen (secondary N) is 1. The van der Waals surface area contributed by atoms with Gasteiger partial charge in [0.2, 0.25) is 15.9 Å². The van der Waals surface area contributed by atoms with Crippen molar-refractivity contribution in [3.05, 3.63) is 52.1 Å². The lowest BCUT2D eigenvalue weighted by Gasteiger charge is -2.30. The number of carbonyl (C=O) groups excluding carboxylic acids is 1. The SMILES string of the molecule is CC[C@@H](C(=O)Nc1ccc2c(c1)sc(=O)n2C(C)C)N(c1cccc(OC)c1)S(C)(=O)=O. The van der Waals surface area contributed by atoms with Crippen molar-refractivity contribution in [1.82, 2.24) is 4.57 Å². The lowest BCUT2D eigenvalue weighted by atomic mass is 10.1. The fourth-order valence-electron chi connectivity index (χ4n) is 3.64. The van der Waals surface area contributed by atoms with Gasteiger partial charge in [0.15, 0.2) is 0 Å². The summed E-state index contributed by atoms with van der Waals surface area (Å²) in [4.78, 5) is 25.4. The number of amides is 1. The number of sulfonamides is 1.